The highest BCUT2D eigenvalue weighted by Gasteiger charge is 2.41. The maximum atomic E-state index is 12.0. The van der Waals surface area contributed by atoms with Gasteiger partial charge in [-0.3, -0.25) is 9.69 Å². The molecule has 0 aromatic carbocycles. The molecule has 0 spiro atoms. The van der Waals surface area contributed by atoms with Gasteiger partial charge in [-0.25, -0.2) is 0 Å². The first-order chi connectivity index (χ1) is 7.53. The fourth-order valence-electron chi connectivity index (χ4n) is 2.50. The number of nitrogens with two attached hydrogens (primary N) is 1. The number of nitrogens with zero attached hydrogens (tertiary/aromatic N) is 1. The van der Waals surface area contributed by atoms with Crippen molar-refractivity contribution < 1.29 is 4.79 Å². The predicted molar refractivity (Wildman–Crippen MR) is 64.0 cm³/mol. The lowest BCUT2D eigenvalue weighted by Crippen LogP contribution is -2.46. The van der Waals surface area contributed by atoms with Gasteiger partial charge in [-0.15, -0.1) is 0 Å². The number of hydrogen-bond donors (Lipinski definition) is 2. The summed E-state index contributed by atoms with van der Waals surface area (Å²) in [6.07, 6.45) is 3.26. The molecule has 16 heavy (non-hydrogen) atoms. The van der Waals surface area contributed by atoms with Gasteiger partial charge < -0.3 is 11.1 Å². The Morgan fingerprint density at radius 3 is 2.75 bits per heavy atom. The summed E-state index contributed by atoms with van der Waals surface area (Å²) in [5.41, 5.74) is 5.78. The highest BCUT2D eigenvalue weighted by molar-refractivity contribution is 5.82. The van der Waals surface area contributed by atoms with Crippen molar-refractivity contribution in [3.05, 3.63) is 0 Å². The van der Waals surface area contributed by atoms with E-state index in [9.17, 15) is 4.79 Å². The van der Waals surface area contributed by atoms with Crippen molar-refractivity contribution in [3.8, 4) is 0 Å². The number of carbonyl (C=O) groups is 1. The highest BCUT2D eigenvalue weighted by Crippen LogP contribution is 2.33. The van der Waals surface area contributed by atoms with Gasteiger partial charge in [0, 0.05) is 19.1 Å². The van der Waals surface area contributed by atoms with Crippen LogP contribution >= 0.6 is 0 Å². The van der Waals surface area contributed by atoms with Crippen LogP contribution < -0.4 is 11.1 Å². The van der Waals surface area contributed by atoms with Gasteiger partial charge in [0.25, 0.3) is 0 Å². The molecule has 0 bridgehead atoms. The fourth-order valence-corrected chi connectivity index (χ4v) is 2.50. The second kappa shape index (κ2) is 4.34. The first-order valence-electron chi connectivity index (χ1n) is 6.27. The van der Waals surface area contributed by atoms with E-state index in [0.717, 1.165) is 19.5 Å². The summed E-state index contributed by atoms with van der Waals surface area (Å²) in [6, 6.07) is 0.624. The molecule has 3 N–H and O–H groups in total. The Hall–Kier alpha value is -0.610. The third-order valence-corrected chi connectivity index (χ3v) is 3.51. The number of hydrogen-bond acceptors (Lipinski definition) is 3. The Morgan fingerprint density at radius 1 is 1.50 bits per heavy atom. The van der Waals surface area contributed by atoms with Gasteiger partial charge >= 0.3 is 0 Å². The van der Waals surface area contributed by atoms with Crippen LogP contribution in [-0.4, -0.2) is 42.5 Å². The quantitative estimate of drug-likeness (QED) is 0.727. The molecule has 1 heterocycles. The van der Waals surface area contributed by atoms with Crippen LogP contribution in [0.1, 0.15) is 33.1 Å². The van der Waals surface area contributed by atoms with Crippen molar-refractivity contribution in [1.29, 1.82) is 0 Å². The van der Waals surface area contributed by atoms with Crippen LogP contribution in [0.4, 0.5) is 0 Å². The van der Waals surface area contributed by atoms with Crippen LogP contribution in [-0.2, 0) is 4.79 Å². The topological polar surface area (TPSA) is 58.4 Å². The van der Waals surface area contributed by atoms with Gasteiger partial charge in [0.1, 0.15) is 0 Å². The predicted octanol–water partition coefficient (Wildman–Crippen LogP) is 0.324. The first kappa shape index (κ1) is 11.9. The zero-order chi connectivity index (χ0) is 11.8. The zero-order valence-corrected chi connectivity index (χ0v) is 10.3. The molecular weight excluding hydrogens is 202 g/mol. The van der Waals surface area contributed by atoms with E-state index in [4.69, 9.17) is 5.73 Å². The van der Waals surface area contributed by atoms with Crippen molar-refractivity contribution in [2.45, 2.75) is 45.2 Å². The summed E-state index contributed by atoms with van der Waals surface area (Å²) in [5, 5.41) is 3.05. The van der Waals surface area contributed by atoms with E-state index < -0.39 is 0 Å². The maximum Gasteiger partial charge on any atom is 0.237 e. The van der Waals surface area contributed by atoms with E-state index in [1.807, 2.05) is 0 Å². The van der Waals surface area contributed by atoms with Crippen LogP contribution in [0.25, 0.3) is 0 Å². The molecule has 4 heteroatoms. The van der Waals surface area contributed by atoms with Gasteiger partial charge in [-0.2, -0.15) is 0 Å². The molecule has 4 nitrogen and oxygen atoms in total. The van der Waals surface area contributed by atoms with Gasteiger partial charge in [0.2, 0.25) is 5.91 Å². The van der Waals surface area contributed by atoms with E-state index in [1.54, 1.807) is 0 Å². The molecule has 92 valence electrons. The Labute approximate surface area is 97.6 Å². The zero-order valence-electron chi connectivity index (χ0n) is 10.3. The average Bonchev–Trinajstić information content (AvgIpc) is 3.02. The van der Waals surface area contributed by atoms with Gasteiger partial charge in [-0.1, -0.05) is 13.8 Å². The maximum absolute atomic E-state index is 12.0. The minimum atomic E-state index is -0.000671. The second-order valence-electron chi connectivity index (χ2n) is 5.88. The lowest BCUT2D eigenvalue weighted by molar-refractivity contribution is -0.125. The molecule has 2 rings (SSSR count). The van der Waals surface area contributed by atoms with Gasteiger partial charge in [-0.05, 0) is 31.2 Å². The minimum Gasteiger partial charge on any atom is -0.354 e. The van der Waals surface area contributed by atoms with Crippen LogP contribution in [0.2, 0.25) is 0 Å². The van der Waals surface area contributed by atoms with Gasteiger partial charge in [0.15, 0.2) is 0 Å². The lowest BCUT2D eigenvalue weighted by atomic mass is 9.93. The second-order valence-corrected chi connectivity index (χ2v) is 5.88. The largest absolute Gasteiger partial charge is 0.354 e. The molecule has 1 amide bonds. The molecule has 1 atom stereocenters. The van der Waals surface area contributed by atoms with E-state index in [2.05, 4.69) is 24.1 Å². The molecule has 1 aliphatic heterocycles. The van der Waals surface area contributed by atoms with Crippen molar-refractivity contribution in [2.24, 2.45) is 11.1 Å². The molecule has 0 aromatic heterocycles. The van der Waals surface area contributed by atoms with E-state index >= 15 is 0 Å². The number of carbonyl (C=O) groups excluding carboxylic acids is 1. The monoisotopic (exact) mass is 225 g/mol. The van der Waals surface area contributed by atoms with Crippen LogP contribution in [0, 0.1) is 5.41 Å². The van der Waals surface area contributed by atoms with Crippen molar-refractivity contribution in [2.75, 3.05) is 19.6 Å². The Bertz CT molecular complexity index is 273. The lowest BCUT2D eigenvalue weighted by Gasteiger charge is -2.32. The van der Waals surface area contributed by atoms with Crippen LogP contribution in [0.5, 0.6) is 0 Å². The smallest absolute Gasteiger partial charge is 0.237 e. The third-order valence-electron chi connectivity index (χ3n) is 3.51. The molecule has 1 saturated carbocycles. The number of amides is 1. The van der Waals surface area contributed by atoms with Crippen molar-refractivity contribution in [3.63, 3.8) is 0 Å². The Kier molecular flexibility index (Phi) is 3.22. The van der Waals surface area contributed by atoms with E-state index in [0.29, 0.717) is 12.6 Å². The first-order valence-corrected chi connectivity index (χ1v) is 6.27. The van der Waals surface area contributed by atoms with Crippen molar-refractivity contribution >= 4 is 5.91 Å². The fraction of sp³-hybridized carbons (Fsp3) is 0.917. The summed E-state index contributed by atoms with van der Waals surface area (Å²) >= 11 is 0. The normalized spacial score (nSPS) is 30.9. The molecule has 1 saturated heterocycles. The molecule has 1 aliphatic carbocycles. The summed E-state index contributed by atoms with van der Waals surface area (Å²) in [7, 11) is 0. The minimum absolute atomic E-state index is 0.000671. The summed E-state index contributed by atoms with van der Waals surface area (Å²) in [4.78, 5) is 14.4. The van der Waals surface area contributed by atoms with Crippen LogP contribution in [0.15, 0.2) is 0 Å². The Balaban J connectivity index is 2.14. The highest BCUT2D eigenvalue weighted by atomic mass is 16.2. The molecule has 2 fully saturated rings. The average molecular weight is 225 g/mol. The SMILES string of the molecule is CC1(C)CNC(=O)C(CCN)N(C2CC2)C1. The standard InChI is InChI=1S/C12H23N3O/c1-12(2)7-14-11(16)10(5-6-13)15(8-12)9-3-4-9/h9-10H,3-8,13H2,1-2H3,(H,14,16). The Morgan fingerprint density at radius 2 is 2.19 bits per heavy atom. The molecular formula is C12H23N3O. The molecule has 0 radical (unpaired) electrons. The van der Waals surface area contributed by atoms with Crippen LogP contribution in [0.3, 0.4) is 0 Å². The summed E-state index contributed by atoms with van der Waals surface area (Å²) in [6.45, 7) is 6.79. The molecule has 0 aromatic rings. The van der Waals surface area contributed by atoms with Crippen molar-refractivity contribution in [1.82, 2.24) is 10.2 Å². The summed E-state index contributed by atoms with van der Waals surface area (Å²) in [5.74, 6) is 0.169. The molecule has 1 unspecified atom stereocenters. The van der Waals surface area contributed by atoms with E-state index in [1.165, 1.54) is 12.8 Å². The van der Waals surface area contributed by atoms with Gasteiger partial charge in [0.05, 0.1) is 6.04 Å². The third kappa shape index (κ3) is 2.55. The number of nitrogens with one attached hydrogen (secondary N) is 1. The number of rotatable bonds is 3. The summed E-state index contributed by atoms with van der Waals surface area (Å²) < 4.78 is 0. The van der Waals surface area contributed by atoms with E-state index in [-0.39, 0.29) is 17.4 Å². The molecule has 2 aliphatic rings.